The van der Waals surface area contributed by atoms with Gasteiger partial charge in [0.1, 0.15) is 0 Å². The van der Waals surface area contributed by atoms with Gasteiger partial charge in [-0.25, -0.2) is 0 Å². The normalized spacial score (nSPS) is 49.9. The van der Waals surface area contributed by atoms with E-state index < -0.39 is 17.0 Å². The monoisotopic (exact) mass is 481 g/mol. The number of hydrogen-bond acceptors (Lipinski definition) is 1. The molecular formula is C23H41Cl2NSTi-2. The molecule has 5 heteroatoms. The fraction of sp³-hybridized carbons (Fsp3) is 0.957. The molecule has 11 unspecified atom stereocenters. The van der Waals surface area contributed by atoms with Crippen molar-refractivity contribution in [1.82, 2.24) is 0 Å². The zero-order valence-corrected chi connectivity index (χ0v) is 22.6. The molecule has 0 N–H and O–H groups in total. The number of thioether (sulfide) groups is 1. The van der Waals surface area contributed by atoms with Crippen LogP contribution < -0.4 is 0 Å². The molecule has 0 aromatic rings. The molecule has 0 aromatic heterocycles. The van der Waals surface area contributed by atoms with Crippen molar-refractivity contribution in [2.24, 2.45) is 41.4 Å². The van der Waals surface area contributed by atoms with E-state index >= 15 is 0 Å². The third-order valence-electron chi connectivity index (χ3n) is 8.77. The van der Waals surface area contributed by atoms with Gasteiger partial charge in [-0.1, -0.05) is 85.0 Å². The van der Waals surface area contributed by atoms with Gasteiger partial charge in [0, 0.05) is 10.5 Å². The van der Waals surface area contributed by atoms with Crippen LogP contribution in [-0.2, 0) is 17.0 Å². The molecule has 164 valence electrons. The van der Waals surface area contributed by atoms with Crippen molar-refractivity contribution in [1.29, 1.82) is 0 Å². The second kappa shape index (κ2) is 11.5. The molecule has 0 spiro atoms. The molecule has 1 nitrogen and oxygen atoms in total. The maximum atomic E-state index is 5.45. The quantitative estimate of drug-likeness (QED) is 0.286. The van der Waals surface area contributed by atoms with Crippen LogP contribution in [0.25, 0.3) is 5.32 Å². The first kappa shape index (κ1) is 25.9. The Bertz CT molecular complexity index is 482. The topological polar surface area (TPSA) is 14.1 Å². The number of fused-ring (bicyclic) bond motifs is 2. The first-order chi connectivity index (χ1) is 12.9. The second-order valence-electron chi connectivity index (χ2n) is 9.74. The summed E-state index contributed by atoms with van der Waals surface area (Å²) in [5.41, 5.74) is 0. The van der Waals surface area contributed by atoms with Gasteiger partial charge in [0.2, 0.25) is 0 Å². The van der Waals surface area contributed by atoms with Gasteiger partial charge < -0.3 is 12.7 Å². The summed E-state index contributed by atoms with van der Waals surface area (Å²) >= 11 is 1.80. The number of piperidine rings is 1. The summed E-state index contributed by atoms with van der Waals surface area (Å²) in [4.78, 5) is 0. The fourth-order valence-corrected chi connectivity index (χ4v) is 9.38. The van der Waals surface area contributed by atoms with Gasteiger partial charge in [-0.3, -0.25) is 0 Å². The molecule has 4 rings (SSSR count). The number of nitrogens with zero attached hydrogens (tertiary/aromatic N) is 1. The van der Waals surface area contributed by atoms with Crippen LogP contribution in [0.1, 0.15) is 73.1 Å². The zero-order valence-electron chi connectivity index (χ0n) is 18.7. The number of halogens is 2. The van der Waals surface area contributed by atoms with E-state index in [9.17, 15) is 0 Å². The molecule has 0 aromatic carbocycles. The van der Waals surface area contributed by atoms with Gasteiger partial charge >= 0.3 is 35.6 Å². The molecule has 2 heterocycles. The molecule has 2 aliphatic heterocycles. The Morgan fingerprint density at radius 2 is 1.57 bits per heavy atom. The first-order valence-corrected chi connectivity index (χ1v) is 16.5. The van der Waals surface area contributed by atoms with Crippen molar-refractivity contribution in [2.75, 3.05) is 0 Å². The van der Waals surface area contributed by atoms with E-state index in [0.29, 0.717) is 12.1 Å². The van der Waals surface area contributed by atoms with Crippen molar-refractivity contribution < 1.29 is 17.0 Å². The Balaban J connectivity index is 0.000000660. The molecule has 28 heavy (non-hydrogen) atoms. The third kappa shape index (κ3) is 4.99. The average molecular weight is 482 g/mol. The Morgan fingerprint density at radius 1 is 0.929 bits per heavy atom. The number of hydrogen-bond donors (Lipinski definition) is 0. The maximum absolute atomic E-state index is 5.45. The van der Waals surface area contributed by atoms with E-state index in [4.69, 9.17) is 23.9 Å². The number of rotatable bonds is 2. The van der Waals surface area contributed by atoms with E-state index in [1.807, 2.05) is 0 Å². The Hall–Kier alpha value is 1.60. The van der Waals surface area contributed by atoms with Crippen molar-refractivity contribution in [2.45, 2.75) is 95.7 Å². The molecule has 2 saturated carbocycles. The van der Waals surface area contributed by atoms with Crippen LogP contribution in [0, 0.1) is 48.9 Å². The van der Waals surface area contributed by atoms with Crippen molar-refractivity contribution >= 4 is 30.4 Å². The molecule has 0 radical (unpaired) electrons. The SMILES string of the molecule is CCC1CCC2CCCC(C3C(C)C(C)C4C(C)C(C)SC43)C2[N-]1.[CH3-].[Cl][Ti][Cl]. The Labute approximate surface area is 196 Å². The summed E-state index contributed by atoms with van der Waals surface area (Å²) in [6.07, 6.45) is 8.51. The van der Waals surface area contributed by atoms with E-state index in [0.717, 1.165) is 51.9 Å². The zero-order chi connectivity index (χ0) is 19.7. The molecule has 2 aliphatic carbocycles. The molecule has 4 fully saturated rings. The molecule has 2 saturated heterocycles. The van der Waals surface area contributed by atoms with Crippen LogP contribution >= 0.6 is 30.4 Å². The van der Waals surface area contributed by atoms with E-state index in [1.54, 1.807) is 0 Å². The van der Waals surface area contributed by atoms with Crippen LogP contribution in [0.4, 0.5) is 0 Å². The summed E-state index contributed by atoms with van der Waals surface area (Å²) in [6, 6.07) is 1.38. The Morgan fingerprint density at radius 3 is 2.21 bits per heavy atom. The summed E-state index contributed by atoms with van der Waals surface area (Å²) in [5, 5.41) is 7.25. The van der Waals surface area contributed by atoms with E-state index in [2.05, 4.69) is 46.4 Å². The summed E-state index contributed by atoms with van der Waals surface area (Å²) in [6.45, 7) is 12.5. The summed E-state index contributed by atoms with van der Waals surface area (Å²) in [5.74, 6) is 6.46. The van der Waals surface area contributed by atoms with Gasteiger partial charge in [-0.05, 0) is 29.6 Å². The predicted octanol–water partition coefficient (Wildman–Crippen LogP) is 8.20. The van der Waals surface area contributed by atoms with Crippen LogP contribution in [-0.4, -0.2) is 22.6 Å². The van der Waals surface area contributed by atoms with Gasteiger partial charge in [-0.2, -0.15) is 11.8 Å². The predicted molar refractivity (Wildman–Crippen MR) is 125 cm³/mol. The molecule has 11 atom stereocenters. The molecule has 0 bridgehead atoms. The van der Waals surface area contributed by atoms with Crippen LogP contribution in [0.3, 0.4) is 0 Å². The van der Waals surface area contributed by atoms with Crippen molar-refractivity contribution in [3.05, 3.63) is 12.7 Å². The van der Waals surface area contributed by atoms with Crippen LogP contribution in [0.5, 0.6) is 0 Å². The van der Waals surface area contributed by atoms with E-state index in [-0.39, 0.29) is 7.43 Å². The third-order valence-corrected chi connectivity index (χ3v) is 10.6. The molecular weight excluding hydrogens is 441 g/mol. The minimum atomic E-state index is -0.556. The Kier molecular flexibility index (Phi) is 10.6. The summed E-state index contributed by atoms with van der Waals surface area (Å²) in [7, 11) is 9.78. The van der Waals surface area contributed by atoms with E-state index in [1.165, 1.54) is 38.5 Å². The average Bonchev–Trinajstić information content (AvgIpc) is 3.08. The van der Waals surface area contributed by atoms with Crippen LogP contribution in [0.15, 0.2) is 0 Å². The van der Waals surface area contributed by atoms with Gasteiger partial charge in [0.25, 0.3) is 0 Å². The van der Waals surface area contributed by atoms with Gasteiger partial charge in [0.05, 0.1) is 0 Å². The van der Waals surface area contributed by atoms with Gasteiger partial charge in [0.15, 0.2) is 0 Å². The first-order valence-electron chi connectivity index (χ1n) is 11.3. The summed E-state index contributed by atoms with van der Waals surface area (Å²) < 4.78 is 0. The minimum absolute atomic E-state index is 0. The molecule has 4 aliphatic rings. The standard InChI is InChI=1S/C22H38NS.CH3.2ClH.Ti/c1-6-17-11-10-16-8-7-9-18(21(16)23-17)20-13(3)12(2)19-14(4)15(5)24-22(19)20;;;;/h12-22H,6-11H2,1-5H3;1H3;2*1H;/q2*-1;;;+2/p-2. The van der Waals surface area contributed by atoms with Crippen LogP contribution in [0.2, 0.25) is 0 Å². The van der Waals surface area contributed by atoms with Crippen molar-refractivity contribution in [3.8, 4) is 0 Å². The second-order valence-corrected chi connectivity index (χ2v) is 13.9. The van der Waals surface area contributed by atoms with Crippen molar-refractivity contribution in [3.63, 3.8) is 0 Å². The fourth-order valence-electron chi connectivity index (χ4n) is 7.14. The molecule has 0 amide bonds. The van der Waals surface area contributed by atoms with Gasteiger partial charge in [-0.15, -0.1) is 12.1 Å².